The monoisotopic (exact) mass is 642 g/mol. The van der Waals surface area contributed by atoms with Crippen molar-refractivity contribution < 1.29 is 36.2 Å². The Morgan fingerprint density at radius 3 is 2.40 bits per heavy atom. The van der Waals surface area contributed by atoms with E-state index in [0.717, 1.165) is 0 Å². The first-order chi connectivity index (χ1) is 20.2. The van der Waals surface area contributed by atoms with Crippen molar-refractivity contribution in [1.29, 1.82) is 0 Å². The minimum absolute atomic E-state index is 0.0291. The second-order valence-electron chi connectivity index (χ2n) is 12.6. The maximum Gasteiger partial charge on any atom is 0.445 e. The van der Waals surface area contributed by atoms with Crippen LogP contribution in [0, 0.1) is 5.41 Å². The maximum absolute atomic E-state index is 13.7. The van der Waals surface area contributed by atoms with Gasteiger partial charge in [-0.3, -0.25) is 4.40 Å². The van der Waals surface area contributed by atoms with Crippen molar-refractivity contribution in [3.05, 3.63) is 23.0 Å². The molecule has 1 spiro atoms. The Morgan fingerprint density at radius 1 is 1.16 bits per heavy atom. The Balaban J connectivity index is 1.40. The van der Waals surface area contributed by atoms with E-state index in [1.54, 1.807) is 6.07 Å². The third-order valence-corrected chi connectivity index (χ3v) is 12.1. The van der Waals surface area contributed by atoms with Gasteiger partial charge in [-0.25, -0.2) is 18.1 Å². The van der Waals surface area contributed by atoms with Gasteiger partial charge in [0.1, 0.15) is 21.9 Å². The molecule has 3 aromatic heterocycles. The number of nitrogens with zero attached hydrogens (tertiary/aromatic N) is 5. The number of alkyl halides is 3. The number of piperidine rings is 1. The van der Waals surface area contributed by atoms with Gasteiger partial charge in [-0.15, -0.1) is 10.2 Å². The van der Waals surface area contributed by atoms with E-state index in [1.165, 1.54) is 17.7 Å². The van der Waals surface area contributed by atoms with Gasteiger partial charge in [0.2, 0.25) is 15.0 Å². The van der Waals surface area contributed by atoms with Gasteiger partial charge in [-0.1, -0.05) is 11.3 Å². The van der Waals surface area contributed by atoms with Gasteiger partial charge < -0.3 is 19.5 Å². The second-order valence-corrected chi connectivity index (χ2v) is 15.3. The summed E-state index contributed by atoms with van der Waals surface area (Å²) < 4.78 is 84.0. The molecule has 5 heterocycles. The third-order valence-electron chi connectivity index (χ3n) is 9.57. The number of hydrogen-bond donors (Lipinski definition) is 2. The Labute approximate surface area is 250 Å². The van der Waals surface area contributed by atoms with Gasteiger partial charge in [0, 0.05) is 37.4 Å². The lowest BCUT2D eigenvalue weighted by atomic mass is 9.74. The molecular weight excluding hydrogens is 609 g/mol. The summed E-state index contributed by atoms with van der Waals surface area (Å²) in [7, 11) is -2.48. The molecule has 4 fully saturated rings. The van der Waals surface area contributed by atoms with Crippen LogP contribution in [-0.4, -0.2) is 77.7 Å². The second kappa shape index (κ2) is 9.57. The molecule has 16 heteroatoms. The fourth-order valence-electron chi connectivity index (χ4n) is 6.37. The van der Waals surface area contributed by atoms with Gasteiger partial charge >= 0.3 is 6.18 Å². The van der Waals surface area contributed by atoms with Crippen LogP contribution in [0.1, 0.15) is 63.1 Å². The van der Waals surface area contributed by atoms with Crippen LogP contribution in [0.15, 0.2) is 17.2 Å². The molecule has 43 heavy (non-hydrogen) atoms. The Hall–Kier alpha value is -2.37. The third kappa shape index (κ3) is 4.84. The minimum atomic E-state index is -4.69. The Bertz CT molecular complexity index is 1690. The number of rotatable bonds is 7. The fourth-order valence-corrected chi connectivity index (χ4v) is 8.60. The molecule has 234 valence electrons. The SMILES string of the molecule is COC1(c2nc3c(N4CCC5(CC4)CO[C@@H](C)C5O)cc(S(=O)(=O)NC4(C)CC4)cn3c2-c2nnc(C(F)(F)F)s2)CC1. The number of aromatic nitrogens is 4. The zero-order valence-electron chi connectivity index (χ0n) is 23.9. The Kier molecular flexibility index (Phi) is 6.53. The number of hydrogen-bond acceptors (Lipinski definition) is 10. The number of pyridine rings is 1. The predicted octanol–water partition coefficient (Wildman–Crippen LogP) is 3.70. The van der Waals surface area contributed by atoms with Crippen LogP contribution in [0.3, 0.4) is 0 Å². The molecule has 0 radical (unpaired) electrons. The number of halogens is 3. The number of imidazole rings is 1. The molecule has 0 bridgehead atoms. The highest BCUT2D eigenvalue weighted by Gasteiger charge is 2.51. The lowest BCUT2D eigenvalue weighted by Crippen LogP contribution is -2.47. The largest absolute Gasteiger partial charge is 0.445 e. The normalized spacial score (nSPS) is 26.0. The molecule has 0 aromatic carbocycles. The summed E-state index contributed by atoms with van der Waals surface area (Å²) in [6.45, 7) is 5.14. The van der Waals surface area contributed by atoms with E-state index in [2.05, 4.69) is 14.9 Å². The van der Waals surface area contributed by atoms with Gasteiger partial charge in [0.25, 0.3) is 0 Å². The summed E-state index contributed by atoms with van der Waals surface area (Å²) in [5.74, 6) is 0. The highest BCUT2D eigenvalue weighted by Crippen LogP contribution is 2.53. The highest BCUT2D eigenvalue weighted by atomic mass is 32.2. The van der Waals surface area contributed by atoms with Gasteiger partial charge in [0.15, 0.2) is 10.7 Å². The van der Waals surface area contributed by atoms with Crippen molar-refractivity contribution >= 4 is 32.7 Å². The number of methoxy groups -OCH3 is 1. The molecule has 3 aromatic rings. The molecule has 11 nitrogen and oxygen atoms in total. The van der Waals surface area contributed by atoms with Crippen LogP contribution < -0.4 is 9.62 Å². The summed E-state index contributed by atoms with van der Waals surface area (Å²) in [6, 6.07) is 1.58. The molecule has 1 unspecified atom stereocenters. The average Bonchev–Trinajstić information content (AvgIpc) is 3.75. The van der Waals surface area contributed by atoms with Gasteiger partial charge in [-0.2, -0.15) is 13.2 Å². The molecular formula is C27H33F3N6O5S2. The van der Waals surface area contributed by atoms with E-state index in [0.29, 0.717) is 86.6 Å². The molecule has 2 N–H and O–H groups in total. The van der Waals surface area contributed by atoms with Gasteiger partial charge in [-0.05, 0) is 58.4 Å². The standard InChI is InChI=1S/C27H33F3N6O5S2/c1-15-20(37)25(14-41-15)8-10-35(11-9-25)17-12-16(43(38,39)34-24(2)4-5-24)13-36-18(22-32-33-23(42-22)27(28,29)30)19(31-21(17)36)26(40-3)6-7-26/h12-13,15,20,34,37H,4-11,14H2,1-3H3/t15-,20?/m0/s1. The molecule has 2 aliphatic heterocycles. The van der Waals surface area contributed by atoms with Crippen LogP contribution in [0.4, 0.5) is 18.9 Å². The number of nitrogens with one attached hydrogen (secondary N) is 1. The maximum atomic E-state index is 13.7. The van der Waals surface area contributed by atoms with Crippen LogP contribution in [0.5, 0.6) is 0 Å². The summed E-state index contributed by atoms with van der Waals surface area (Å²) >= 11 is 0.385. The fraction of sp³-hybridized carbons (Fsp3) is 0.667. The van der Waals surface area contributed by atoms with Crippen molar-refractivity contribution in [2.75, 3.05) is 31.7 Å². The van der Waals surface area contributed by atoms with E-state index >= 15 is 0 Å². The number of fused-ring (bicyclic) bond motifs is 1. The van der Waals surface area contributed by atoms with Crippen molar-refractivity contribution in [1.82, 2.24) is 24.3 Å². The van der Waals surface area contributed by atoms with Crippen LogP contribution in [0.2, 0.25) is 0 Å². The summed E-state index contributed by atoms with van der Waals surface area (Å²) in [4.78, 5) is 6.93. The topological polar surface area (TPSA) is 131 Å². The predicted molar refractivity (Wildman–Crippen MR) is 150 cm³/mol. The van der Waals surface area contributed by atoms with E-state index in [9.17, 15) is 26.7 Å². The molecule has 7 rings (SSSR count). The molecule has 2 saturated heterocycles. The van der Waals surface area contributed by atoms with E-state index < -0.39 is 43.9 Å². The first kappa shape index (κ1) is 29.3. The number of anilines is 1. The summed E-state index contributed by atoms with van der Waals surface area (Å²) in [5.41, 5.74) is -0.201. The lowest BCUT2D eigenvalue weighted by molar-refractivity contribution is -0.138. The highest BCUT2D eigenvalue weighted by molar-refractivity contribution is 7.89. The zero-order valence-corrected chi connectivity index (χ0v) is 25.6. The molecule has 2 saturated carbocycles. The number of aliphatic hydroxyl groups excluding tert-OH is 1. The van der Waals surface area contributed by atoms with E-state index in [-0.39, 0.29) is 21.7 Å². The molecule has 4 aliphatic rings. The van der Waals surface area contributed by atoms with Crippen LogP contribution in [-0.2, 0) is 31.3 Å². The van der Waals surface area contributed by atoms with E-state index in [1.807, 2.05) is 18.7 Å². The molecule has 0 amide bonds. The quantitative estimate of drug-likeness (QED) is 0.396. The number of aliphatic hydroxyl groups is 1. The first-order valence-electron chi connectivity index (χ1n) is 14.3. The van der Waals surface area contributed by atoms with Crippen LogP contribution in [0.25, 0.3) is 16.3 Å². The number of sulfonamides is 1. The smallest absolute Gasteiger partial charge is 0.390 e. The van der Waals surface area contributed by atoms with Crippen molar-refractivity contribution in [3.8, 4) is 10.7 Å². The Morgan fingerprint density at radius 2 is 1.86 bits per heavy atom. The summed E-state index contributed by atoms with van der Waals surface area (Å²) in [5, 5.41) is 17.0. The van der Waals surface area contributed by atoms with Crippen molar-refractivity contribution in [2.45, 2.75) is 86.8 Å². The first-order valence-corrected chi connectivity index (χ1v) is 16.6. The number of ether oxygens (including phenoxy) is 2. The zero-order chi connectivity index (χ0) is 30.6. The lowest BCUT2D eigenvalue weighted by Gasteiger charge is -2.41. The molecule has 2 atom stereocenters. The minimum Gasteiger partial charge on any atom is -0.390 e. The summed E-state index contributed by atoms with van der Waals surface area (Å²) in [6.07, 6.45) is -0.294. The van der Waals surface area contributed by atoms with Crippen molar-refractivity contribution in [2.24, 2.45) is 5.41 Å². The van der Waals surface area contributed by atoms with Gasteiger partial charge in [0.05, 0.1) is 24.5 Å². The molecule has 2 aliphatic carbocycles. The van der Waals surface area contributed by atoms with Crippen molar-refractivity contribution in [3.63, 3.8) is 0 Å². The van der Waals surface area contributed by atoms with E-state index in [4.69, 9.17) is 14.5 Å². The average molecular weight is 643 g/mol. The van der Waals surface area contributed by atoms with Crippen LogP contribution >= 0.6 is 11.3 Å².